The third-order valence-corrected chi connectivity index (χ3v) is 6.36. The molecule has 1 fully saturated rings. The molecule has 3 nitrogen and oxygen atoms in total. The first-order valence-electron chi connectivity index (χ1n) is 7.66. The Morgan fingerprint density at radius 2 is 1.77 bits per heavy atom. The Morgan fingerprint density at radius 1 is 1.09 bits per heavy atom. The molecule has 0 saturated carbocycles. The average Bonchev–Trinajstić information content (AvgIpc) is 2.56. The molecular formula is C17H20FNO2S. The third kappa shape index (κ3) is 3.15. The zero-order valence-corrected chi connectivity index (χ0v) is 13.2. The first-order valence-corrected chi connectivity index (χ1v) is 9.10. The molecule has 0 unspecified atom stereocenters. The molecule has 118 valence electrons. The highest BCUT2D eigenvalue weighted by molar-refractivity contribution is 7.89. The fourth-order valence-electron chi connectivity index (χ4n) is 3.21. The van der Waals surface area contributed by atoms with Crippen molar-refractivity contribution in [1.82, 2.24) is 4.31 Å². The van der Waals surface area contributed by atoms with Gasteiger partial charge in [0.2, 0.25) is 10.0 Å². The van der Waals surface area contributed by atoms with Crippen LogP contribution in [0.15, 0.2) is 53.5 Å². The second kappa shape index (κ2) is 6.34. The summed E-state index contributed by atoms with van der Waals surface area (Å²) in [7, 11) is -3.58. The van der Waals surface area contributed by atoms with Crippen LogP contribution in [-0.2, 0) is 10.0 Å². The van der Waals surface area contributed by atoms with E-state index in [1.807, 2.05) is 0 Å². The second-order valence-electron chi connectivity index (χ2n) is 5.87. The van der Waals surface area contributed by atoms with Gasteiger partial charge in [-0.3, -0.25) is 0 Å². The Hall–Kier alpha value is -1.46. The Labute approximate surface area is 131 Å². The van der Waals surface area contributed by atoms with Gasteiger partial charge in [-0.1, -0.05) is 30.4 Å². The maximum Gasteiger partial charge on any atom is 0.243 e. The number of hydrogen-bond acceptors (Lipinski definition) is 2. The molecule has 0 atom stereocenters. The summed E-state index contributed by atoms with van der Waals surface area (Å²) < 4.78 is 39.9. The van der Waals surface area contributed by atoms with Crippen LogP contribution in [0.4, 0.5) is 4.39 Å². The predicted octanol–water partition coefficient (Wildman–Crippen LogP) is 3.36. The van der Waals surface area contributed by atoms with Gasteiger partial charge in [0, 0.05) is 13.1 Å². The van der Waals surface area contributed by atoms with Crippen LogP contribution in [0.3, 0.4) is 0 Å². The molecule has 0 aromatic heterocycles. The van der Waals surface area contributed by atoms with Crippen LogP contribution in [-0.4, -0.2) is 25.8 Å². The van der Waals surface area contributed by atoms with Gasteiger partial charge in [0.05, 0.1) is 4.90 Å². The number of halogens is 1. The lowest BCUT2D eigenvalue weighted by molar-refractivity contribution is 0.249. The predicted molar refractivity (Wildman–Crippen MR) is 84.3 cm³/mol. The highest BCUT2D eigenvalue weighted by Crippen LogP contribution is 2.31. The summed E-state index contributed by atoms with van der Waals surface area (Å²) in [5.41, 5.74) is 0. The maximum atomic E-state index is 13.3. The summed E-state index contributed by atoms with van der Waals surface area (Å²) in [4.78, 5) is 0.0448. The molecule has 1 aliphatic carbocycles. The van der Waals surface area contributed by atoms with Crippen LogP contribution in [0.25, 0.3) is 0 Å². The number of allylic oxidation sites excluding steroid dienone is 4. The Kier molecular flexibility index (Phi) is 4.45. The minimum Gasteiger partial charge on any atom is -0.207 e. The number of benzene rings is 1. The molecular weight excluding hydrogens is 301 g/mol. The zero-order chi connectivity index (χ0) is 15.6. The van der Waals surface area contributed by atoms with Crippen molar-refractivity contribution in [1.29, 1.82) is 0 Å². The van der Waals surface area contributed by atoms with Gasteiger partial charge in [0.15, 0.2) is 0 Å². The lowest BCUT2D eigenvalue weighted by Gasteiger charge is -2.34. The van der Waals surface area contributed by atoms with E-state index >= 15 is 0 Å². The van der Waals surface area contributed by atoms with Crippen LogP contribution in [0.1, 0.15) is 19.3 Å². The fourth-order valence-corrected chi connectivity index (χ4v) is 4.71. The molecule has 1 aromatic rings. The zero-order valence-electron chi connectivity index (χ0n) is 12.4. The molecule has 1 aliphatic heterocycles. The van der Waals surface area contributed by atoms with Gasteiger partial charge in [-0.05, 0) is 49.3 Å². The maximum absolute atomic E-state index is 13.3. The summed E-state index contributed by atoms with van der Waals surface area (Å²) in [5, 5.41) is 0. The molecule has 5 heteroatoms. The first-order chi connectivity index (χ1) is 10.6. The van der Waals surface area contributed by atoms with E-state index < -0.39 is 15.8 Å². The van der Waals surface area contributed by atoms with Crippen molar-refractivity contribution in [2.24, 2.45) is 11.8 Å². The molecule has 0 spiro atoms. The van der Waals surface area contributed by atoms with Gasteiger partial charge in [-0.25, -0.2) is 12.8 Å². The van der Waals surface area contributed by atoms with E-state index in [9.17, 15) is 12.8 Å². The normalized spacial score (nSPS) is 21.3. The van der Waals surface area contributed by atoms with Crippen LogP contribution < -0.4 is 0 Å². The molecule has 0 N–H and O–H groups in total. The average molecular weight is 321 g/mol. The van der Waals surface area contributed by atoms with Crippen molar-refractivity contribution >= 4 is 10.0 Å². The van der Waals surface area contributed by atoms with Crippen molar-refractivity contribution < 1.29 is 12.8 Å². The Morgan fingerprint density at radius 3 is 2.41 bits per heavy atom. The van der Waals surface area contributed by atoms with E-state index in [1.165, 1.54) is 22.5 Å². The largest absolute Gasteiger partial charge is 0.243 e. The molecule has 1 heterocycles. The van der Waals surface area contributed by atoms with E-state index in [0.717, 1.165) is 25.3 Å². The highest BCUT2D eigenvalue weighted by Gasteiger charge is 2.31. The highest BCUT2D eigenvalue weighted by atomic mass is 32.2. The molecule has 1 aromatic carbocycles. The first kappa shape index (κ1) is 15.4. The quantitative estimate of drug-likeness (QED) is 0.801. The van der Waals surface area contributed by atoms with Gasteiger partial charge < -0.3 is 0 Å². The van der Waals surface area contributed by atoms with Crippen molar-refractivity contribution in [2.45, 2.75) is 24.2 Å². The number of piperidine rings is 1. The van der Waals surface area contributed by atoms with Crippen molar-refractivity contribution in [3.8, 4) is 0 Å². The standard InChI is InChI=1S/C17H20FNO2S/c18-16-7-4-8-17(13-16)22(20,21)19-11-9-15(10-12-19)14-5-2-1-3-6-14/h2-8,13-15H,1,9-12H2. The minimum absolute atomic E-state index is 0.0448. The number of nitrogens with zero attached hydrogens (tertiary/aromatic N) is 1. The van der Waals surface area contributed by atoms with E-state index in [-0.39, 0.29) is 4.90 Å². The van der Waals surface area contributed by atoms with Crippen LogP contribution >= 0.6 is 0 Å². The summed E-state index contributed by atoms with van der Waals surface area (Å²) in [5.74, 6) is 0.396. The Balaban J connectivity index is 1.69. The summed E-state index contributed by atoms with van der Waals surface area (Å²) >= 11 is 0. The van der Waals surface area contributed by atoms with E-state index in [0.29, 0.717) is 24.9 Å². The van der Waals surface area contributed by atoms with Crippen molar-refractivity contribution in [3.63, 3.8) is 0 Å². The van der Waals surface area contributed by atoms with E-state index in [4.69, 9.17) is 0 Å². The molecule has 3 rings (SSSR count). The number of rotatable bonds is 3. The van der Waals surface area contributed by atoms with Crippen LogP contribution in [0.2, 0.25) is 0 Å². The number of hydrogen-bond donors (Lipinski definition) is 0. The molecule has 0 amide bonds. The van der Waals surface area contributed by atoms with Gasteiger partial charge in [-0.2, -0.15) is 4.31 Å². The molecule has 0 bridgehead atoms. The van der Waals surface area contributed by atoms with E-state index in [2.05, 4.69) is 24.3 Å². The van der Waals surface area contributed by atoms with Crippen molar-refractivity contribution in [3.05, 3.63) is 54.4 Å². The fraction of sp³-hybridized carbons (Fsp3) is 0.412. The molecule has 2 aliphatic rings. The van der Waals surface area contributed by atoms with Gasteiger partial charge in [0.1, 0.15) is 5.82 Å². The van der Waals surface area contributed by atoms with Crippen molar-refractivity contribution in [2.75, 3.05) is 13.1 Å². The van der Waals surface area contributed by atoms with Gasteiger partial charge in [0.25, 0.3) is 0 Å². The van der Waals surface area contributed by atoms with Crippen LogP contribution in [0, 0.1) is 17.7 Å². The van der Waals surface area contributed by atoms with Gasteiger partial charge >= 0.3 is 0 Å². The summed E-state index contributed by atoms with van der Waals surface area (Å²) in [6.45, 7) is 1.00. The molecule has 0 radical (unpaired) electrons. The van der Waals surface area contributed by atoms with E-state index in [1.54, 1.807) is 0 Å². The smallest absolute Gasteiger partial charge is 0.207 e. The lowest BCUT2D eigenvalue weighted by Crippen LogP contribution is -2.39. The molecule has 1 saturated heterocycles. The monoisotopic (exact) mass is 321 g/mol. The summed E-state index contributed by atoms with van der Waals surface area (Å²) in [6, 6.07) is 5.24. The topological polar surface area (TPSA) is 37.4 Å². The number of sulfonamides is 1. The Bertz CT molecular complexity index is 676. The van der Waals surface area contributed by atoms with Gasteiger partial charge in [-0.15, -0.1) is 0 Å². The SMILES string of the molecule is O=S(=O)(c1cccc(F)c1)N1CCC(C2C=CCC=C2)CC1. The molecule has 22 heavy (non-hydrogen) atoms. The van der Waals surface area contributed by atoms with Crippen LogP contribution in [0.5, 0.6) is 0 Å². The third-order valence-electron chi connectivity index (χ3n) is 4.47. The minimum atomic E-state index is -3.58. The lowest BCUT2D eigenvalue weighted by atomic mass is 9.83. The second-order valence-corrected chi connectivity index (χ2v) is 7.81. The summed E-state index contributed by atoms with van der Waals surface area (Å²) in [6.07, 6.45) is 11.5.